The van der Waals surface area contributed by atoms with E-state index in [-0.39, 0.29) is 6.16 Å². The third-order valence-electron chi connectivity index (χ3n) is 2.40. The van der Waals surface area contributed by atoms with Crippen molar-refractivity contribution >= 4 is 7.60 Å². The molecule has 0 radical (unpaired) electrons. The van der Waals surface area contributed by atoms with Gasteiger partial charge in [0.2, 0.25) is 0 Å². The van der Waals surface area contributed by atoms with Gasteiger partial charge in [0.15, 0.2) is 0 Å². The maximum Gasteiger partial charge on any atom is 0.325 e. The molecular weight excluding hydrogens is 259 g/mol. The third-order valence-corrected chi connectivity index (χ3v) is 3.43. The fraction of sp³-hybridized carbons (Fsp3) is 0.200. The lowest BCUT2D eigenvalue weighted by atomic mass is 10.1. The first-order valence-corrected chi connectivity index (χ1v) is 7.97. The molecule has 2 aromatic carbocycles. The van der Waals surface area contributed by atoms with Crippen molar-refractivity contribution in [1.82, 2.24) is 0 Å². The summed E-state index contributed by atoms with van der Waals surface area (Å²) in [6.45, 7) is 1.74. The Morgan fingerprint density at radius 3 is 1.42 bits per heavy atom. The number of benzene rings is 2. The quantitative estimate of drug-likeness (QED) is 0.836. The van der Waals surface area contributed by atoms with Gasteiger partial charge in [-0.25, -0.2) is 0 Å². The van der Waals surface area contributed by atoms with Gasteiger partial charge in [-0.1, -0.05) is 67.6 Å². The van der Waals surface area contributed by atoms with E-state index >= 15 is 0 Å². The summed E-state index contributed by atoms with van der Waals surface area (Å²) in [5.74, 6) is 0. The fourth-order valence-corrected chi connectivity index (χ4v) is 2.14. The standard InChI is InChI=1S/C12H10.C3H9O3P/c1-3-7-11(8-4-1)12-9-5-2-6-10-12;1-2-3-7(4,5)6/h1-10H;2-3H2,1H3,(H2,4,5,6). The zero-order chi connectivity index (χ0) is 14.1. The molecule has 0 unspecified atom stereocenters. The molecule has 0 bridgehead atoms. The van der Waals surface area contributed by atoms with Crippen molar-refractivity contribution in [2.75, 3.05) is 6.16 Å². The maximum absolute atomic E-state index is 9.93. The van der Waals surface area contributed by atoms with Gasteiger partial charge in [-0.3, -0.25) is 4.57 Å². The van der Waals surface area contributed by atoms with E-state index in [1.54, 1.807) is 6.92 Å². The summed E-state index contributed by atoms with van der Waals surface area (Å²) in [6.07, 6.45) is 0.553. The zero-order valence-corrected chi connectivity index (χ0v) is 11.8. The van der Waals surface area contributed by atoms with Gasteiger partial charge in [0, 0.05) is 6.16 Å². The van der Waals surface area contributed by atoms with Crippen LogP contribution in [-0.2, 0) is 4.57 Å². The SMILES string of the molecule is CCCP(=O)(O)O.c1ccc(-c2ccccc2)cc1. The molecular formula is C15H19O3P. The summed E-state index contributed by atoms with van der Waals surface area (Å²) in [6, 6.07) is 20.8. The molecule has 0 aromatic heterocycles. The molecule has 102 valence electrons. The topological polar surface area (TPSA) is 57.5 Å². The first kappa shape index (κ1) is 15.6. The number of hydrogen-bond acceptors (Lipinski definition) is 1. The van der Waals surface area contributed by atoms with Crippen LogP contribution in [0.4, 0.5) is 0 Å². The van der Waals surface area contributed by atoms with Crippen LogP contribution in [0, 0.1) is 0 Å². The van der Waals surface area contributed by atoms with Crippen molar-refractivity contribution < 1.29 is 14.4 Å². The van der Waals surface area contributed by atoms with Gasteiger partial charge < -0.3 is 9.79 Å². The van der Waals surface area contributed by atoms with Crippen molar-refractivity contribution in [2.45, 2.75) is 13.3 Å². The minimum atomic E-state index is -3.67. The summed E-state index contributed by atoms with van der Waals surface area (Å²) in [7, 11) is -3.67. The van der Waals surface area contributed by atoms with Gasteiger partial charge in [-0.05, 0) is 17.5 Å². The predicted octanol–water partition coefficient (Wildman–Crippen LogP) is 3.93. The van der Waals surface area contributed by atoms with Crippen LogP contribution < -0.4 is 0 Å². The van der Waals surface area contributed by atoms with Crippen LogP contribution in [0.3, 0.4) is 0 Å². The Bertz CT molecular complexity index is 468. The monoisotopic (exact) mass is 278 g/mol. The molecule has 2 aromatic rings. The molecule has 0 amide bonds. The molecule has 4 heteroatoms. The second-order valence-corrected chi connectivity index (χ2v) is 5.90. The van der Waals surface area contributed by atoms with Crippen LogP contribution in [0.1, 0.15) is 13.3 Å². The van der Waals surface area contributed by atoms with Crippen LogP contribution in [-0.4, -0.2) is 15.9 Å². The minimum Gasteiger partial charge on any atom is -0.324 e. The summed E-state index contributed by atoms with van der Waals surface area (Å²) < 4.78 is 9.93. The summed E-state index contributed by atoms with van der Waals surface area (Å²) >= 11 is 0. The lowest BCUT2D eigenvalue weighted by Crippen LogP contribution is -1.82. The highest BCUT2D eigenvalue weighted by molar-refractivity contribution is 7.51. The molecule has 19 heavy (non-hydrogen) atoms. The van der Waals surface area contributed by atoms with Crippen LogP contribution >= 0.6 is 7.60 Å². The normalized spacial score (nSPS) is 10.5. The van der Waals surface area contributed by atoms with E-state index in [0.29, 0.717) is 6.42 Å². The first-order valence-electron chi connectivity index (χ1n) is 6.18. The van der Waals surface area contributed by atoms with Gasteiger partial charge in [-0.2, -0.15) is 0 Å². The first-order chi connectivity index (χ1) is 9.03. The fourth-order valence-electron chi connectivity index (χ4n) is 1.55. The van der Waals surface area contributed by atoms with Crippen molar-refractivity contribution in [2.24, 2.45) is 0 Å². The van der Waals surface area contributed by atoms with Gasteiger partial charge >= 0.3 is 7.60 Å². The van der Waals surface area contributed by atoms with Gasteiger partial charge in [0.25, 0.3) is 0 Å². The van der Waals surface area contributed by atoms with E-state index in [4.69, 9.17) is 9.79 Å². The van der Waals surface area contributed by atoms with Crippen molar-refractivity contribution in [3.05, 3.63) is 60.7 Å². The smallest absolute Gasteiger partial charge is 0.324 e. The van der Waals surface area contributed by atoms with E-state index in [1.807, 2.05) is 12.1 Å². The van der Waals surface area contributed by atoms with E-state index in [1.165, 1.54) is 11.1 Å². The Hall–Kier alpha value is -1.41. The van der Waals surface area contributed by atoms with Crippen LogP contribution in [0.2, 0.25) is 0 Å². The van der Waals surface area contributed by atoms with Crippen molar-refractivity contribution in [3.63, 3.8) is 0 Å². The molecule has 0 aliphatic carbocycles. The average Bonchev–Trinajstić information content (AvgIpc) is 2.40. The van der Waals surface area contributed by atoms with Crippen molar-refractivity contribution in [1.29, 1.82) is 0 Å². The van der Waals surface area contributed by atoms with E-state index < -0.39 is 7.60 Å². The Balaban J connectivity index is 0.000000224. The molecule has 3 nitrogen and oxygen atoms in total. The zero-order valence-electron chi connectivity index (χ0n) is 10.9. The molecule has 0 saturated heterocycles. The predicted molar refractivity (Wildman–Crippen MR) is 79.1 cm³/mol. The number of rotatable bonds is 3. The summed E-state index contributed by atoms with van der Waals surface area (Å²) in [5.41, 5.74) is 2.55. The van der Waals surface area contributed by atoms with Gasteiger partial charge in [0.05, 0.1) is 0 Å². The third kappa shape index (κ3) is 6.92. The Morgan fingerprint density at radius 2 is 1.21 bits per heavy atom. The van der Waals surface area contributed by atoms with Gasteiger partial charge in [-0.15, -0.1) is 0 Å². The maximum atomic E-state index is 9.93. The second-order valence-electron chi connectivity index (χ2n) is 4.12. The Labute approximate surface area is 114 Å². The second kappa shape index (κ2) is 7.90. The molecule has 0 saturated carbocycles. The lowest BCUT2D eigenvalue weighted by molar-refractivity contribution is 0.372. The average molecular weight is 278 g/mol. The van der Waals surface area contributed by atoms with Gasteiger partial charge in [0.1, 0.15) is 0 Å². The molecule has 0 aliphatic rings. The molecule has 0 heterocycles. The summed E-state index contributed by atoms with van der Waals surface area (Å²) in [5, 5.41) is 0. The Morgan fingerprint density at radius 1 is 0.842 bits per heavy atom. The Kier molecular flexibility index (Phi) is 6.51. The highest BCUT2D eigenvalue weighted by atomic mass is 31.2. The lowest BCUT2D eigenvalue weighted by Gasteiger charge is -1.98. The van der Waals surface area contributed by atoms with Crippen LogP contribution in [0.25, 0.3) is 11.1 Å². The highest BCUT2D eigenvalue weighted by Gasteiger charge is 2.08. The molecule has 2 N–H and O–H groups in total. The number of hydrogen-bond donors (Lipinski definition) is 2. The molecule has 2 rings (SSSR count). The minimum absolute atomic E-state index is 0.00694. The summed E-state index contributed by atoms with van der Waals surface area (Å²) in [4.78, 5) is 16.3. The molecule has 0 atom stereocenters. The van der Waals surface area contributed by atoms with Crippen LogP contribution in [0.5, 0.6) is 0 Å². The largest absolute Gasteiger partial charge is 0.325 e. The van der Waals surface area contributed by atoms with E-state index in [2.05, 4.69) is 48.5 Å². The van der Waals surface area contributed by atoms with E-state index in [9.17, 15) is 4.57 Å². The molecule has 0 aliphatic heterocycles. The van der Waals surface area contributed by atoms with Crippen LogP contribution in [0.15, 0.2) is 60.7 Å². The molecule has 0 spiro atoms. The van der Waals surface area contributed by atoms with Crippen molar-refractivity contribution in [3.8, 4) is 11.1 Å². The highest BCUT2D eigenvalue weighted by Crippen LogP contribution is 2.34. The molecule has 0 fully saturated rings. The van der Waals surface area contributed by atoms with E-state index in [0.717, 1.165) is 0 Å².